The van der Waals surface area contributed by atoms with E-state index in [4.69, 9.17) is 4.42 Å². The molecule has 0 radical (unpaired) electrons. The van der Waals surface area contributed by atoms with Gasteiger partial charge in [-0.25, -0.2) is 4.39 Å². The summed E-state index contributed by atoms with van der Waals surface area (Å²) in [6, 6.07) is 6.20. The van der Waals surface area contributed by atoms with Crippen molar-refractivity contribution in [3.8, 4) is 11.5 Å². The van der Waals surface area contributed by atoms with Crippen LogP contribution in [0.4, 0.5) is 4.39 Å². The standard InChI is InChI=1S/C15H17FN4O2/c1-20(8-13(21)17-12-6-7-12)9-14-18-19-15(22-14)10-2-4-11(16)5-3-10/h2-5,12H,6-9H2,1H3,(H,17,21). The number of nitrogens with zero attached hydrogens (tertiary/aromatic N) is 3. The number of nitrogens with one attached hydrogen (secondary N) is 1. The Hall–Kier alpha value is -2.28. The van der Waals surface area contributed by atoms with Gasteiger partial charge in [0.25, 0.3) is 0 Å². The Bertz CT molecular complexity index is 652. The lowest BCUT2D eigenvalue weighted by Gasteiger charge is -2.13. The number of aromatic nitrogens is 2. The van der Waals surface area contributed by atoms with Crippen molar-refractivity contribution in [2.24, 2.45) is 0 Å². The number of rotatable bonds is 6. The van der Waals surface area contributed by atoms with Gasteiger partial charge in [0.15, 0.2) is 0 Å². The molecule has 1 heterocycles. The summed E-state index contributed by atoms with van der Waals surface area (Å²) >= 11 is 0. The molecule has 0 unspecified atom stereocenters. The average molecular weight is 304 g/mol. The lowest BCUT2D eigenvalue weighted by atomic mass is 10.2. The molecule has 0 bridgehead atoms. The van der Waals surface area contributed by atoms with Crippen LogP contribution in [0.2, 0.25) is 0 Å². The first-order chi connectivity index (χ1) is 10.6. The van der Waals surface area contributed by atoms with E-state index < -0.39 is 0 Å². The van der Waals surface area contributed by atoms with Crippen LogP contribution in [0.25, 0.3) is 11.5 Å². The maximum absolute atomic E-state index is 12.9. The maximum Gasteiger partial charge on any atom is 0.247 e. The molecule has 7 heteroatoms. The molecule has 2 aromatic rings. The van der Waals surface area contributed by atoms with Gasteiger partial charge in [0.1, 0.15) is 5.82 Å². The molecule has 1 aromatic heterocycles. The van der Waals surface area contributed by atoms with Gasteiger partial charge in [-0.05, 0) is 44.2 Å². The third-order valence-corrected chi connectivity index (χ3v) is 3.32. The van der Waals surface area contributed by atoms with Crippen molar-refractivity contribution in [3.63, 3.8) is 0 Å². The molecule has 1 fully saturated rings. The Labute approximate surface area is 127 Å². The molecular formula is C15H17FN4O2. The Kier molecular flexibility index (Phi) is 4.15. The van der Waals surface area contributed by atoms with Crippen LogP contribution < -0.4 is 5.32 Å². The number of amides is 1. The zero-order valence-electron chi connectivity index (χ0n) is 12.3. The first-order valence-corrected chi connectivity index (χ1v) is 7.16. The minimum atomic E-state index is -0.315. The molecule has 6 nitrogen and oxygen atoms in total. The van der Waals surface area contributed by atoms with Gasteiger partial charge in [-0.3, -0.25) is 9.69 Å². The zero-order valence-corrected chi connectivity index (χ0v) is 12.3. The van der Waals surface area contributed by atoms with Gasteiger partial charge in [0.05, 0.1) is 13.1 Å². The van der Waals surface area contributed by atoms with Crippen molar-refractivity contribution in [1.29, 1.82) is 0 Å². The van der Waals surface area contributed by atoms with Gasteiger partial charge in [-0.1, -0.05) is 0 Å². The fourth-order valence-electron chi connectivity index (χ4n) is 2.06. The van der Waals surface area contributed by atoms with Gasteiger partial charge in [-0.15, -0.1) is 10.2 Å². The highest BCUT2D eigenvalue weighted by atomic mass is 19.1. The van der Waals surface area contributed by atoms with Gasteiger partial charge in [0, 0.05) is 11.6 Å². The molecule has 0 aliphatic heterocycles. The van der Waals surface area contributed by atoms with Crippen LogP contribution in [0, 0.1) is 5.82 Å². The van der Waals surface area contributed by atoms with Gasteiger partial charge in [0.2, 0.25) is 17.7 Å². The van der Waals surface area contributed by atoms with Crippen molar-refractivity contribution in [2.45, 2.75) is 25.4 Å². The van der Waals surface area contributed by atoms with E-state index in [1.54, 1.807) is 17.0 Å². The minimum Gasteiger partial charge on any atom is -0.419 e. The molecule has 1 aromatic carbocycles. The molecule has 116 valence electrons. The zero-order chi connectivity index (χ0) is 15.5. The van der Waals surface area contributed by atoms with E-state index in [2.05, 4.69) is 15.5 Å². The molecule has 0 atom stereocenters. The molecule has 1 aliphatic carbocycles. The summed E-state index contributed by atoms with van der Waals surface area (Å²) in [7, 11) is 1.81. The molecule has 0 spiro atoms. The van der Waals surface area contributed by atoms with Gasteiger partial charge in [-0.2, -0.15) is 0 Å². The van der Waals surface area contributed by atoms with E-state index in [9.17, 15) is 9.18 Å². The van der Waals surface area contributed by atoms with Crippen LogP contribution in [0.5, 0.6) is 0 Å². The van der Waals surface area contributed by atoms with Gasteiger partial charge >= 0.3 is 0 Å². The summed E-state index contributed by atoms with van der Waals surface area (Å²) in [5.41, 5.74) is 0.661. The molecular weight excluding hydrogens is 287 g/mol. The van der Waals surface area contributed by atoms with Gasteiger partial charge < -0.3 is 9.73 Å². The van der Waals surface area contributed by atoms with Crippen molar-refractivity contribution in [3.05, 3.63) is 36.0 Å². The van der Waals surface area contributed by atoms with E-state index in [1.165, 1.54) is 12.1 Å². The van der Waals surface area contributed by atoms with E-state index in [0.29, 0.717) is 29.9 Å². The maximum atomic E-state index is 12.9. The largest absolute Gasteiger partial charge is 0.419 e. The SMILES string of the molecule is CN(CC(=O)NC1CC1)Cc1nnc(-c2ccc(F)cc2)o1. The summed E-state index contributed by atoms with van der Waals surface area (Å²) in [4.78, 5) is 13.5. The second kappa shape index (κ2) is 6.23. The highest BCUT2D eigenvalue weighted by Crippen LogP contribution is 2.19. The summed E-state index contributed by atoms with van der Waals surface area (Å²) in [5, 5.41) is 10.8. The molecule has 1 N–H and O–H groups in total. The summed E-state index contributed by atoms with van der Waals surface area (Å²) in [6.45, 7) is 0.664. The summed E-state index contributed by atoms with van der Waals surface area (Å²) < 4.78 is 18.4. The Morgan fingerprint density at radius 3 is 2.77 bits per heavy atom. The van der Waals surface area contributed by atoms with E-state index in [1.807, 2.05) is 7.05 Å². The first kappa shape index (κ1) is 14.6. The number of halogens is 1. The quantitative estimate of drug-likeness (QED) is 0.877. The topological polar surface area (TPSA) is 71.3 Å². The molecule has 3 rings (SSSR count). The lowest BCUT2D eigenvalue weighted by Crippen LogP contribution is -2.36. The highest BCUT2D eigenvalue weighted by molar-refractivity contribution is 5.78. The smallest absolute Gasteiger partial charge is 0.247 e. The lowest BCUT2D eigenvalue weighted by molar-refractivity contribution is -0.122. The normalized spacial score (nSPS) is 14.3. The number of hydrogen-bond acceptors (Lipinski definition) is 5. The van der Waals surface area contributed by atoms with E-state index in [0.717, 1.165) is 12.8 Å². The molecule has 1 amide bonds. The van der Waals surface area contributed by atoms with Crippen molar-refractivity contribution >= 4 is 5.91 Å². The second-order valence-electron chi connectivity index (χ2n) is 5.52. The molecule has 1 aliphatic rings. The molecule has 0 saturated heterocycles. The second-order valence-corrected chi connectivity index (χ2v) is 5.52. The van der Waals surface area contributed by atoms with Crippen LogP contribution >= 0.6 is 0 Å². The number of likely N-dealkylation sites (N-methyl/N-ethyl adjacent to an activating group) is 1. The van der Waals surface area contributed by atoms with Crippen LogP contribution in [0.3, 0.4) is 0 Å². The van der Waals surface area contributed by atoms with Crippen molar-refractivity contribution in [1.82, 2.24) is 20.4 Å². The third-order valence-electron chi connectivity index (χ3n) is 3.32. The Balaban J connectivity index is 1.56. The number of carbonyl (C=O) groups is 1. The average Bonchev–Trinajstić information content (AvgIpc) is 3.16. The highest BCUT2D eigenvalue weighted by Gasteiger charge is 2.23. The monoisotopic (exact) mass is 304 g/mol. The number of hydrogen-bond donors (Lipinski definition) is 1. The number of benzene rings is 1. The summed E-state index contributed by atoms with van der Waals surface area (Å²) in [6.07, 6.45) is 2.14. The number of carbonyl (C=O) groups excluding carboxylic acids is 1. The molecule has 1 saturated carbocycles. The van der Waals surface area contributed by atoms with Crippen LogP contribution in [-0.2, 0) is 11.3 Å². The van der Waals surface area contributed by atoms with Crippen molar-refractivity contribution < 1.29 is 13.6 Å². The van der Waals surface area contributed by atoms with Crippen molar-refractivity contribution in [2.75, 3.05) is 13.6 Å². The molecule has 22 heavy (non-hydrogen) atoms. The van der Waals surface area contributed by atoms with E-state index in [-0.39, 0.29) is 18.3 Å². The predicted octanol–water partition coefficient (Wildman–Crippen LogP) is 1.59. The summed E-state index contributed by atoms with van der Waals surface area (Å²) in [5.74, 6) is 0.444. The fraction of sp³-hybridized carbons (Fsp3) is 0.400. The third kappa shape index (κ3) is 3.88. The minimum absolute atomic E-state index is 0.00303. The fourth-order valence-corrected chi connectivity index (χ4v) is 2.06. The van der Waals surface area contributed by atoms with Crippen LogP contribution in [0.1, 0.15) is 18.7 Å². The first-order valence-electron chi connectivity index (χ1n) is 7.16. The predicted molar refractivity (Wildman–Crippen MR) is 77.2 cm³/mol. The van der Waals surface area contributed by atoms with Crippen LogP contribution in [-0.4, -0.2) is 40.6 Å². The Morgan fingerprint density at radius 2 is 2.09 bits per heavy atom. The van der Waals surface area contributed by atoms with E-state index >= 15 is 0 Å². The van der Waals surface area contributed by atoms with Crippen LogP contribution in [0.15, 0.2) is 28.7 Å². The Morgan fingerprint density at radius 1 is 1.36 bits per heavy atom.